The van der Waals surface area contributed by atoms with E-state index in [0.717, 1.165) is 5.39 Å². The minimum atomic E-state index is -0.576. The van der Waals surface area contributed by atoms with Crippen LogP contribution in [0, 0.1) is 5.82 Å². The summed E-state index contributed by atoms with van der Waals surface area (Å²) in [5.41, 5.74) is 0. The average molecular weight is 200 g/mol. The second-order valence-corrected chi connectivity index (χ2v) is 3.80. The molecule has 0 saturated carbocycles. The summed E-state index contributed by atoms with van der Waals surface area (Å²) >= 11 is 5.20. The molecular weight excluding hydrogens is 195 g/mol. The van der Waals surface area contributed by atoms with Gasteiger partial charge in [-0.05, 0) is 22.9 Å². The fraction of sp³-hybridized carbons (Fsp3) is 0. The Morgan fingerprint density at radius 1 is 1.50 bits per heavy atom. The van der Waals surface area contributed by atoms with Crippen LogP contribution in [0.2, 0.25) is 0 Å². The van der Waals surface area contributed by atoms with E-state index in [9.17, 15) is 9.50 Å². The Labute approximate surface area is 77.9 Å². The molecule has 62 valence electrons. The molecule has 0 aliphatic carbocycles. The summed E-state index contributed by atoms with van der Waals surface area (Å²) in [6, 6.07) is 3.44. The molecule has 1 heterocycles. The van der Waals surface area contributed by atoms with Gasteiger partial charge < -0.3 is 5.11 Å². The number of fused-ring (bicyclic) bond motifs is 1. The molecule has 0 amide bonds. The quantitative estimate of drug-likeness (QED) is 0.626. The Hall–Kier alpha value is -0.740. The molecule has 0 fully saturated rings. The minimum Gasteiger partial charge on any atom is -0.504 e. The van der Waals surface area contributed by atoms with Gasteiger partial charge in [0.2, 0.25) is 0 Å². The maximum absolute atomic E-state index is 13.2. The van der Waals surface area contributed by atoms with Crippen LogP contribution in [0.4, 0.5) is 4.39 Å². The summed E-state index contributed by atoms with van der Waals surface area (Å²) in [5.74, 6) is -0.944. The van der Waals surface area contributed by atoms with Crippen LogP contribution in [0.1, 0.15) is 0 Å². The molecule has 0 radical (unpaired) electrons. The summed E-state index contributed by atoms with van der Waals surface area (Å²) in [4.78, 5) is 0.276. The van der Waals surface area contributed by atoms with Gasteiger partial charge in [0.25, 0.3) is 0 Å². The smallest absolute Gasteiger partial charge is 0.183 e. The fourth-order valence-electron chi connectivity index (χ4n) is 1.05. The van der Waals surface area contributed by atoms with E-state index >= 15 is 0 Å². The van der Waals surface area contributed by atoms with Crippen LogP contribution >= 0.6 is 24.0 Å². The Morgan fingerprint density at radius 2 is 2.25 bits per heavy atom. The predicted molar refractivity (Wildman–Crippen MR) is 50.7 cm³/mol. The molecule has 1 aromatic heterocycles. The van der Waals surface area contributed by atoms with E-state index in [0.29, 0.717) is 4.70 Å². The van der Waals surface area contributed by atoms with Crippen molar-refractivity contribution < 1.29 is 9.50 Å². The van der Waals surface area contributed by atoms with Crippen molar-refractivity contribution in [2.75, 3.05) is 0 Å². The van der Waals surface area contributed by atoms with E-state index in [1.165, 1.54) is 11.3 Å². The van der Waals surface area contributed by atoms with Crippen molar-refractivity contribution in [1.29, 1.82) is 0 Å². The second-order valence-electron chi connectivity index (χ2n) is 2.40. The maximum atomic E-state index is 13.2. The number of phenolic OH excluding ortho intramolecular Hbond substituents is 1. The van der Waals surface area contributed by atoms with Gasteiger partial charge in [-0.25, -0.2) is 4.39 Å². The SMILES string of the molecule is Oc1c(S)cc2ccsc2c1F. The van der Waals surface area contributed by atoms with Gasteiger partial charge in [0.15, 0.2) is 11.6 Å². The van der Waals surface area contributed by atoms with Crippen LogP contribution in [-0.2, 0) is 0 Å². The highest BCUT2D eigenvalue weighted by Gasteiger charge is 2.10. The first-order valence-electron chi connectivity index (χ1n) is 3.28. The number of thiol groups is 1. The number of thiophene rings is 1. The minimum absolute atomic E-state index is 0.276. The van der Waals surface area contributed by atoms with Gasteiger partial charge in [-0.2, -0.15) is 0 Å². The molecule has 0 unspecified atom stereocenters. The van der Waals surface area contributed by atoms with E-state index in [-0.39, 0.29) is 10.6 Å². The zero-order valence-corrected chi connectivity index (χ0v) is 7.62. The second kappa shape index (κ2) is 2.64. The lowest BCUT2D eigenvalue weighted by atomic mass is 10.2. The zero-order chi connectivity index (χ0) is 8.72. The van der Waals surface area contributed by atoms with E-state index in [2.05, 4.69) is 12.6 Å². The van der Waals surface area contributed by atoms with Crippen LogP contribution in [0.3, 0.4) is 0 Å². The number of rotatable bonds is 0. The number of phenols is 1. The topological polar surface area (TPSA) is 20.2 Å². The number of hydrogen-bond donors (Lipinski definition) is 2. The van der Waals surface area contributed by atoms with Crippen LogP contribution in [0.15, 0.2) is 22.4 Å². The van der Waals surface area contributed by atoms with Crippen LogP contribution in [-0.4, -0.2) is 5.11 Å². The molecule has 1 aromatic carbocycles. The standard InChI is InChI=1S/C8H5FOS2/c9-6-7(10)5(11)3-4-1-2-12-8(4)6/h1-3,10-11H. The van der Waals surface area contributed by atoms with Gasteiger partial charge in [-0.1, -0.05) is 0 Å². The van der Waals surface area contributed by atoms with Gasteiger partial charge in [-0.3, -0.25) is 0 Å². The van der Waals surface area contributed by atoms with Crippen molar-refractivity contribution in [2.45, 2.75) is 4.90 Å². The number of benzene rings is 1. The van der Waals surface area contributed by atoms with Crippen molar-refractivity contribution in [1.82, 2.24) is 0 Å². The highest BCUT2D eigenvalue weighted by molar-refractivity contribution is 7.80. The van der Waals surface area contributed by atoms with E-state index in [4.69, 9.17) is 0 Å². The zero-order valence-electron chi connectivity index (χ0n) is 5.91. The lowest BCUT2D eigenvalue weighted by Gasteiger charge is -1.99. The molecule has 4 heteroatoms. The third-order valence-corrected chi connectivity index (χ3v) is 2.90. The van der Waals surface area contributed by atoms with Gasteiger partial charge in [0.1, 0.15) is 0 Å². The van der Waals surface area contributed by atoms with Crippen LogP contribution < -0.4 is 0 Å². The highest BCUT2D eigenvalue weighted by atomic mass is 32.1. The molecule has 0 aliphatic heterocycles. The summed E-state index contributed by atoms with van der Waals surface area (Å²) < 4.78 is 13.7. The Bertz CT molecular complexity index is 436. The molecule has 0 spiro atoms. The third-order valence-electron chi connectivity index (χ3n) is 1.64. The van der Waals surface area contributed by atoms with E-state index in [1.807, 2.05) is 0 Å². The Balaban J connectivity index is 2.94. The molecule has 2 rings (SSSR count). The predicted octanol–water partition coefficient (Wildman–Crippen LogP) is 3.03. The maximum Gasteiger partial charge on any atom is 0.183 e. The molecule has 0 saturated heterocycles. The summed E-state index contributed by atoms with van der Waals surface area (Å²) in [7, 11) is 0. The van der Waals surface area contributed by atoms with Crippen molar-refractivity contribution in [3.63, 3.8) is 0 Å². The summed E-state index contributed by atoms with van der Waals surface area (Å²) in [6.45, 7) is 0. The molecule has 1 nitrogen and oxygen atoms in total. The fourth-order valence-corrected chi connectivity index (χ4v) is 2.10. The summed E-state index contributed by atoms with van der Waals surface area (Å²) in [5, 5.41) is 11.7. The first-order chi connectivity index (χ1) is 5.70. The van der Waals surface area contributed by atoms with E-state index < -0.39 is 5.82 Å². The highest BCUT2D eigenvalue weighted by Crippen LogP contribution is 2.34. The molecule has 0 bridgehead atoms. The first kappa shape index (κ1) is 7.89. The lowest BCUT2D eigenvalue weighted by Crippen LogP contribution is -1.78. The summed E-state index contributed by atoms with van der Waals surface area (Å²) in [6.07, 6.45) is 0. The van der Waals surface area contributed by atoms with Gasteiger partial charge in [-0.15, -0.1) is 24.0 Å². The van der Waals surface area contributed by atoms with E-state index in [1.54, 1.807) is 17.5 Å². The number of halogens is 1. The van der Waals surface area contributed by atoms with Crippen molar-refractivity contribution in [3.05, 3.63) is 23.3 Å². The average Bonchev–Trinajstić information content (AvgIpc) is 2.48. The molecule has 2 aromatic rings. The van der Waals surface area contributed by atoms with Gasteiger partial charge in [0.05, 0.1) is 4.70 Å². The van der Waals surface area contributed by atoms with Crippen molar-refractivity contribution in [3.8, 4) is 5.75 Å². The third kappa shape index (κ3) is 0.990. The van der Waals surface area contributed by atoms with Crippen LogP contribution in [0.5, 0.6) is 5.75 Å². The normalized spacial score (nSPS) is 10.8. The van der Waals surface area contributed by atoms with Crippen molar-refractivity contribution >= 4 is 34.1 Å². The number of aromatic hydroxyl groups is 1. The van der Waals surface area contributed by atoms with Gasteiger partial charge in [0, 0.05) is 4.90 Å². The molecule has 12 heavy (non-hydrogen) atoms. The van der Waals surface area contributed by atoms with Crippen molar-refractivity contribution in [2.24, 2.45) is 0 Å². The Kier molecular flexibility index (Phi) is 1.73. The van der Waals surface area contributed by atoms with Gasteiger partial charge >= 0.3 is 0 Å². The van der Waals surface area contributed by atoms with Crippen LogP contribution in [0.25, 0.3) is 10.1 Å². The molecular formula is C8H5FOS2. The molecule has 1 N–H and O–H groups in total. The first-order valence-corrected chi connectivity index (χ1v) is 4.60. The largest absolute Gasteiger partial charge is 0.504 e. The lowest BCUT2D eigenvalue weighted by molar-refractivity contribution is 0.424. The number of hydrogen-bond acceptors (Lipinski definition) is 3. The Morgan fingerprint density at radius 3 is 3.00 bits per heavy atom. The monoisotopic (exact) mass is 200 g/mol. The molecule has 0 atom stereocenters. The molecule has 0 aliphatic rings.